The molecule has 4 rings (SSSR count). The molecule has 0 unspecified atom stereocenters. The average molecular weight is 419 g/mol. The van der Waals surface area contributed by atoms with Crippen molar-refractivity contribution in [2.45, 2.75) is 6.42 Å². The number of carbonyl (C=O) groups excluding carboxylic acids is 1. The van der Waals surface area contributed by atoms with Gasteiger partial charge in [0.1, 0.15) is 0 Å². The van der Waals surface area contributed by atoms with E-state index in [4.69, 9.17) is 0 Å². The third-order valence-electron chi connectivity index (χ3n) is 5.11. The molecule has 3 aromatic carbocycles. The van der Waals surface area contributed by atoms with Gasteiger partial charge in [0.2, 0.25) is 15.9 Å². The fourth-order valence-electron chi connectivity index (χ4n) is 3.53. The second kappa shape index (κ2) is 8.26. The fourth-order valence-corrected chi connectivity index (χ4v) is 4.36. The Kier molecular flexibility index (Phi) is 5.53. The summed E-state index contributed by atoms with van der Waals surface area (Å²) in [5.74, 6) is -0.389. The molecule has 152 valence electrons. The van der Waals surface area contributed by atoms with Gasteiger partial charge in [-0.2, -0.15) is 4.31 Å². The highest BCUT2D eigenvalue weighted by molar-refractivity contribution is 7.92. The van der Waals surface area contributed by atoms with Gasteiger partial charge in [0.15, 0.2) is 0 Å². The number of benzene rings is 3. The lowest BCUT2D eigenvalue weighted by Crippen LogP contribution is -2.33. The van der Waals surface area contributed by atoms with E-state index >= 15 is 0 Å². The van der Waals surface area contributed by atoms with Crippen molar-refractivity contribution in [1.82, 2.24) is 4.31 Å². The summed E-state index contributed by atoms with van der Waals surface area (Å²) in [5, 5.41) is 3.92. The van der Waals surface area contributed by atoms with Crippen molar-refractivity contribution in [2.24, 2.45) is 0 Å². The topological polar surface area (TPSA) is 66.5 Å². The van der Waals surface area contributed by atoms with E-state index in [0.29, 0.717) is 5.69 Å². The van der Waals surface area contributed by atoms with Crippen LogP contribution in [-0.4, -0.2) is 32.2 Å². The van der Waals surface area contributed by atoms with Gasteiger partial charge in [0.25, 0.3) is 0 Å². The zero-order valence-corrected chi connectivity index (χ0v) is 17.4. The Morgan fingerprint density at radius 1 is 0.967 bits per heavy atom. The molecule has 3 aromatic rings. The van der Waals surface area contributed by atoms with Crippen LogP contribution < -0.4 is 5.32 Å². The highest BCUT2D eigenvalue weighted by atomic mass is 32.2. The molecule has 30 heavy (non-hydrogen) atoms. The summed E-state index contributed by atoms with van der Waals surface area (Å²) in [4.78, 5) is 12.4. The van der Waals surface area contributed by atoms with Crippen LogP contribution in [0.15, 0.2) is 78.2 Å². The van der Waals surface area contributed by atoms with Crippen LogP contribution in [0.4, 0.5) is 5.69 Å². The van der Waals surface area contributed by atoms with Crippen molar-refractivity contribution in [3.8, 4) is 11.1 Å². The second-order valence-electron chi connectivity index (χ2n) is 7.27. The molecule has 0 saturated heterocycles. The van der Waals surface area contributed by atoms with Gasteiger partial charge in [-0.25, -0.2) is 8.42 Å². The van der Waals surface area contributed by atoms with E-state index in [9.17, 15) is 13.2 Å². The molecule has 1 amide bonds. The summed E-state index contributed by atoms with van der Waals surface area (Å²) in [7, 11) is -2.31. The Hall–Kier alpha value is -3.22. The lowest BCUT2D eigenvalue weighted by Gasteiger charge is -2.15. The monoisotopic (exact) mass is 418 g/mol. The van der Waals surface area contributed by atoms with Crippen LogP contribution in [0, 0.1) is 0 Å². The maximum absolute atomic E-state index is 12.4. The van der Waals surface area contributed by atoms with E-state index in [1.165, 1.54) is 29.8 Å². The Bertz CT molecular complexity index is 1220. The Morgan fingerprint density at radius 3 is 2.47 bits per heavy atom. The molecule has 1 aliphatic carbocycles. The van der Waals surface area contributed by atoms with E-state index in [-0.39, 0.29) is 12.5 Å². The van der Waals surface area contributed by atoms with Crippen molar-refractivity contribution in [3.05, 3.63) is 94.9 Å². The summed E-state index contributed by atoms with van der Waals surface area (Å²) in [6.45, 7) is -0.269. The summed E-state index contributed by atoms with van der Waals surface area (Å²) in [5.41, 5.74) is 6.20. The van der Waals surface area contributed by atoms with Crippen LogP contribution in [0.5, 0.6) is 0 Å². The highest BCUT2D eigenvalue weighted by Crippen LogP contribution is 2.37. The van der Waals surface area contributed by atoms with Gasteiger partial charge >= 0.3 is 0 Å². The smallest absolute Gasteiger partial charge is 0.239 e. The van der Waals surface area contributed by atoms with Gasteiger partial charge in [0.05, 0.1) is 6.54 Å². The molecule has 0 bridgehead atoms. The van der Waals surface area contributed by atoms with Gasteiger partial charge in [-0.15, -0.1) is 0 Å². The molecule has 0 heterocycles. The van der Waals surface area contributed by atoms with E-state index in [0.717, 1.165) is 27.3 Å². The van der Waals surface area contributed by atoms with Crippen molar-refractivity contribution in [2.75, 3.05) is 18.9 Å². The normalized spacial score (nSPS) is 12.7. The quantitative estimate of drug-likeness (QED) is 0.512. The molecule has 6 heteroatoms. The third kappa shape index (κ3) is 4.35. The zero-order chi connectivity index (χ0) is 21.1. The van der Waals surface area contributed by atoms with Crippen molar-refractivity contribution < 1.29 is 13.2 Å². The Morgan fingerprint density at radius 2 is 1.67 bits per heavy atom. The predicted molar refractivity (Wildman–Crippen MR) is 120 cm³/mol. The predicted octanol–water partition coefficient (Wildman–Crippen LogP) is 4.13. The first-order valence-corrected chi connectivity index (χ1v) is 11.1. The SMILES string of the molecule is CN(CC(=O)Nc1ccc2c(c1)-c1ccccc1C2)S(=O)(=O)/C=C/c1ccccc1. The first kappa shape index (κ1) is 20.1. The van der Waals surface area contributed by atoms with Crippen LogP contribution >= 0.6 is 0 Å². The van der Waals surface area contributed by atoms with E-state index in [1.807, 2.05) is 60.7 Å². The van der Waals surface area contributed by atoms with Crippen molar-refractivity contribution >= 4 is 27.7 Å². The summed E-state index contributed by atoms with van der Waals surface area (Å²) in [6, 6.07) is 23.2. The third-order valence-corrected chi connectivity index (χ3v) is 6.59. The number of likely N-dealkylation sites (N-methyl/N-ethyl adjacent to an activating group) is 1. The first-order chi connectivity index (χ1) is 14.4. The largest absolute Gasteiger partial charge is 0.325 e. The molecule has 0 aliphatic heterocycles. The molecular weight excluding hydrogens is 396 g/mol. The number of nitrogens with one attached hydrogen (secondary N) is 1. The molecule has 0 aromatic heterocycles. The second-order valence-corrected chi connectivity index (χ2v) is 9.19. The van der Waals surface area contributed by atoms with Gasteiger partial charge in [-0.05, 0) is 52.4 Å². The van der Waals surface area contributed by atoms with Gasteiger partial charge in [-0.1, -0.05) is 60.7 Å². The number of fused-ring (bicyclic) bond motifs is 3. The molecule has 0 saturated carbocycles. The lowest BCUT2D eigenvalue weighted by molar-refractivity contribution is -0.116. The number of carbonyl (C=O) groups is 1. The van der Waals surface area contributed by atoms with Crippen molar-refractivity contribution in [3.63, 3.8) is 0 Å². The summed E-state index contributed by atoms with van der Waals surface area (Å²) >= 11 is 0. The van der Waals surface area contributed by atoms with Gasteiger partial charge in [0, 0.05) is 18.1 Å². The minimum atomic E-state index is -3.70. The lowest BCUT2D eigenvalue weighted by atomic mass is 10.1. The molecule has 0 atom stereocenters. The standard InChI is InChI=1S/C24H22N2O3S/c1-26(30(28,29)14-13-18-7-3-2-4-8-18)17-24(27)25-21-12-11-20-15-19-9-5-6-10-22(19)23(20)16-21/h2-14,16H,15,17H2,1H3,(H,25,27)/b14-13+. The molecule has 0 radical (unpaired) electrons. The molecule has 1 aliphatic rings. The first-order valence-electron chi connectivity index (χ1n) is 9.63. The van der Waals surface area contributed by atoms with Gasteiger partial charge in [-0.3, -0.25) is 4.79 Å². The molecule has 5 nitrogen and oxygen atoms in total. The number of hydrogen-bond acceptors (Lipinski definition) is 3. The number of amides is 1. The van der Waals surface area contributed by atoms with Crippen LogP contribution in [-0.2, 0) is 21.2 Å². The minimum absolute atomic E-state index is 0.269. The molecule has 0 spiro atoms. The fraction of sp³-hybridized carbons (Fsp3) is 0.125. The summed E-state index contributed by atoms with van der Waals surface area (Å²) in [6.07, 6.45) is 2.40. The molecule has 1 N–H and O–H groups in total. The van der Waals surface area contributed by atoms with Crippen LogP contribution in [0.25, 0.3) is 17.2 Å². The van der Waals surface area contributed by atoms with E-state index in [1.54, 1.807) is 0 Å². The number of nitrogens with zero attached hydrogens (tertiary/aromatic N) is 1. The Labute approximate surface area is 176 Å². The number of rotatable bonds is 6. The molecule has 0 fully saturated rings. The van der Waals surface area contributed by atoms with E-state index in [2.05, 4.69) is 17.4 Å². The zero-order valence-electron chi connectivity index (χ0n) is 16.6. The Balaban J connectivity index is 1.42. The summed E-state index contributed by atoms with van der Waals surface area (Å²) < 4.78 is 25.9. The maximum Gasteiger partial charge on any atom is 0.239 e. The van der Waals surface area contributed by atoms with Gasteiger partial charge < -0.3 is 5.32 Å². The minimum Gasteiger partial charge on any atom is -0.325 e. The molecular formula is C24H22N2O3S. The number of sulfonamides is 1. The average Bonchev–Trinajstić information content (AvgIpc) is 3.11. The highest BCUT2D eigenvalue weighted by Gasteiger charge is 2.20. The van der Waals surface area contributed by atoms with Crippen molar-refractivity contribution in [1.29, 1.82) is 0 Å². The van der Waals surface area contributed by atoms with E-state index < -0.39 is 10.0 Å². The van der Waals surface area contributed by atoms with Crippen LogP contribution in [0.3, 0.4) is 0 Å². The van der Waals surface area contributed by atoms with Crippen LogP contribution in [0.2, 0.25) is 0 Å². The number of anilines is 1. The van der Waals surface area contributed by atoms with Crippen LogP contribution in [0.1, 0.15) is 16.7 Å². The maximum atomic E-state index is 12.4. The number of hydrogen-bond donors (Lipinski definition) is 1.